The zero-order valence-corrected chi connectivity index (χ0v) is 22.0. The fourth-order valence-corrected chi connectivity index (χ4v) is 4.80. The van der Waals surface area contributed by atoms with Crippen molar-refractivity contribution in [1.29, 1.82) is 0 Å². The number of aromatic nitrogens is 1. The van der Waals surface area contributed by atoms with Crippen LogP contribution in [-0.2, 0) is 23.1 Å². The van der Waals surface area contributed by atoms with Crippen LogP contribution in [0.3, 0.4) is 0 Å². The summed E-state index contributed by atoms with van der Waals surface area (Å²) in [5.74, 6) is -0.787. The molecule has 3 aromatic carbocycles. The SMILES string of the molecule is CS(=O)(=O)N(Cc1ccccc1Cl)c1ccc(C(=O)Nc2ccccc2C(=O)NCc2cccnc2)cc1. The van der Waals surface area contributed by atoms with E-state index in [4.69, 9.17) is 11.6 Å². The van der Waals surface area contributed by atoms with Gasteiger partial charge < -0.3 is 10.6 Å². The molecule has 0 spiro atoms. The average molecular weight is 549 g/mol. The maximum absolute atomic E-state index is 13.0. The Morgan fingerprint density at radius 3 is 2.29 bits per heavy atom. The van der Waals surface area contributed by atoms with Crippen LogP contribution < -0.4 is 14.9 Å². The van der Waals surface area contributed by atoms with E-state index in [0.717, 1.165) is 11.8 Å². The summed E-state index contributed by atoms with van der Waals surface area (Å²) < 4.78 is 26.2. The summed E-state index contributed by atoms with van der Waals surface area (Å²) in [6, 6.07) is 23.5. The highest BCUT2D eigenvalue weighted by molar-refractivity contribution is 7.92. The molecule has 194 valence electrons. The molecule has 2 N–H and O–H groups in total. The number of para-hydroxylation sites is 1. The van der Waals surface area contributed by atoms with Crippen molar-refractivity contribution in [2.45, 2.75) is 13.1 Å². The fourth-order valence-electron chi connectivity index (χ4n) is 3.73. The Morgan fingerprint density at radius 2 is 1.61 bits per heavy atom. The van der Waals surface area contributed by atoms with Crippen molar-refractivity contribution in [1.82, 2.24) is 10.3 Å². The first-order chi connectivity index (χ1) is 18.2. The third kappa shape index (κ3) is 6.76. The van der Waals surface area contributed by atoms with Gasteiger partial charge in [0.25, 0.3) is 11.8 Å². The number of nitrogens with zero attached hydrogens (tertiary/aromatic N) is 2. The average Bonchev–Trinajstić information content (AvgIpc) is 2.91. The molecule has 0 fully saturated rings. The molecule has 0 aliphatic heterocycles. The lowest BCUT2D eigenvalue weighted by atomic mass is 10.1. The van der Waals surface area contributed by atoms with E-state index in [2.05, 4.69) is 15.6 Å². The fraction of sp³-hybridized carbons (Fsp3) is 0.107. The van der Waals surface area contributed by atoms with E-state index in [1.165, 1.54) is 16.4 Å². The van der Waals surface area contributed by atoms with Crippen LogP contribution in [0.25, 0.3) is 0 Å². The highest BCUT2D eigenvalue weighted by Crippen LogP contribution is 2.25. The summed E-state index contributed by atoms with van der Waals surface area (Å²) in [5, 5.41) is 6.05. The van der Waals surface area contributed by atoms with Crippen molar-refractivity contribution >= 4 is 44.8 Å². The van der Waals surface area contributed by atoms with Gasteiger partial charge in [-0.15, -0.1) is 0 Å². The lowest BCUT2D eigenvalue weighted by Gasteiger charge is -2.23. The van der Waals surface area contributed by atoms with Gasteiger partial charge in [-0.05, 0) is 59.7 Å². The van der Waals surface area contributed by atoms with Gasteiger partial charge in [-0.1, -0.05) is 48.0 Å². The Labute approximate surface area is 226 Å². The Morgan fingerprint density at radius 1 is 0.895 bits per heavy atom. The number of anilines is 2. The van der Waals surface area contributed by atoms with Crippen LogP contribution in [-0.4, -0.2) is 31.5 Å². The number of hydrogen-bond acceptors (Lipinski definition) is 5. The molecule has 0 unspecified atom stereocenters. The molecule has 1 aromatic heterocycles. The molecule has 0 saturated heterocycles. The van der Waals surface area contributed by atoms with Crippen molar-refractivity contribution < 1.29 is 18.0 Å². The summed E-state index contributed by atoms with van der Waals surface area (Å²) in [5.41, 5.74) is 2.84. The van der Waals surface area contributed by atoms with Crippen LogP contribution in [0.1, 0.15) is 31.8 Å². The molecule has 0 saturated carbocycles. The molecule has 1 heterocycles. The molecule has 8 nitrogen and oxygen atoms in total. The minimum absolute atomic E-state index is 0.0472. The van der Waals surface area contributed by atoms with Gasteiger partial charge in [-0.2, -0.15) is 0 Å². The normalized spacial score (nSPS) is 11.0. The Hall–Kier alpha value is -4.21. The predicted octanol–water partition coefficient (Wildman–Crippen LogP) is 4.88. The van der Waals surface area contributed by atoms with E-state index in [9.17, 15) is 18.0 Å². The minimum atomic E-state index is -3.63. The lowest BCUT2D eigenvalue weighted by molar-refractivity contribution is 0.0951. The second-order valence-corrected chi connectivity index (χ2v) is 10.8. The Bertz CT molecular complexity index is 1540. The number of carbonyl (C=O) groups is 2. The Balaban J connectivity index is 1.48. The predicted molar refractivity (Wildman–Crippen MR) is 149 cm³/mol. The molecule has 0 radical (unpaired) electrons. The van der Waals surface area contributed by atoms with E-state index in [-0.39, 0.29) is 12.5 Å². The number of sulfonamides is 1. The maximum Gasteiger partial charge on any atom is 0.255 e. The van der Waals surface area contributed by atoms with E-state index >= 15 is 0 Å². The lowest BCUT2D eigenvalue weighted by Crippen LogP contribution is -2.29. The number of hydrogen-bond donors (Lipinski definition) is 2. The number of rotatable bonds is 9. The van der Waals surface area contributed by atoms with Gasteiger partial charge in [0.05, 0.1) is 29.7 Å². The van der Waals surface area contributed by atoms with E-state index in [0.29, 0.717) is 39.6 Å². The van der Waals surface area contributed by atoms with Crippen LogP contribution in [0.15, 0.2) is 97.3 Å². The standard InChI is InChI=1S/C28H25ClN4O4S/c1-38(36,37)33(19-22-8-2-4-10-25(22)29)23-14-12-21(13-15-23)27(34)32-26-11-5-3-9-24(26)28(35)31-18-20-7-6-16-30-17-20/h2-17H,18-19H2,1H3,(H,31,35)(H,32,34). The molecule has 0 aliphatic rings. The molecular formula is C28H25ClN4O4S. The van der Waals surface area contributed by atoms with Gasteiger partial charge in [-0.3, -0.25) is 18.9 Å². The van der Waals surface area contributed by atoms with Crippen molar-refractivity contribution in [3.05, 3.63) is 125 Å². The van der Waals surface area contributed by atoms with Crippen LogP contribution in [0.2, 0.25) is 5.02 Å². The molecule has 38 heavy (non-hydrogen) atoms. The molecule has 4 rings (SSSR count). The summed E-state index contributed by atoms with van der Waals surface area (Å²) in [6.45, 7) is 0.340. The monoisotopic (exact) mass is 548 g/mol. The second-order valence-electron chi connectivity index (χ2n) is 8.45. The molecular weight excluding hydrogens is 524 g/mol. The van der Waals surface area contributed by atoms with E-state index in [1.807, 2.05) is 6.07 Å². The number of benzene rings is 3. The van der Waals surface area contributed by atoms with Crippen molar-refractivity contribution in [2.24, 2.45) is 0 Å². The van der Waals surface area contributed by atoms with E-state index < -0.39 is 15.9 Å². The van der Waals surface area contributed by atoms with Crippen LogP contribution in [0.5, 0.6) is 0 Å². The Kier molecular flexibility index (Phi) is 8.40. The second kappa shape index (κ2) is 11.9. The zero-order valence-electron chi connectivity index (χ0n) is 20.5. The van der Waals surface area contributed by atoms with Crippen molar-refractivity contribution in [2.75, 3.05) is 15.9 Å². The van der Waals surface area contributed by atoms with Crippen LogP contribution in [0.4, 0.5) is 11.4 Å². The summed E-state index contributed by atoms with van der Waals surface area (Å²) in [7, 11) is -3.63. The van der Waals surface area contributed by atoms with Crippen LogP contribution in [0, 0.1) is 0 Å². The van der Waals surface area contributed by atoms with Gasteiger partial charge in [0, 0.05) is 29.5 Å². The number of carbonyl (C=O) groups excluding carboxylic acids is 2. The first-order valence-corrected chi connectivity index (χ1v) is 13.8. The summed E-state index contributed by atoms with van der Waals surface area (Å²) >= 11 is 6.23. The number of halogens is 1. The third-order valence-electron chi connectivity index (χ3n) is 5.69. The van der Waals surface area contributed by atoms with Gasteiger partial charge in [0.15, 0.2) is 0 Å². The molecule has 2 amide bonds. The van der Waals surface area contributed by atoms with Gasteiger partial charge >= 0.3 is 0 Å². The summed E-state index contributed by atoms with van der Waals surface area (Å²) in [6.07, 6.45) is 4.43. The first-order valence-electron chi connectivity index (χ1n) is 11.6. The molecule has 0 aliphatic carbocycles. The minimum Gasteiger partial charge on any atom is -0.348 e. The van der Waals surface area contributed by atoms with E-state index in [1.54, 1.807) is 79.1 Å². The third-order valence-corrected chi connectivity index (χ3v) is 7.19. The largest absolute Gasteiger partial charge is 0.348 e. The summed E-state index contributed by atoms with van der Waals surface area (Å²) in [4.78, 5) is 29.8. The number of nitrogens with one attached hydrogen (secondary N) is 2. The number of pyridine rings is 1. The van der Waals surface area contributed by atoms with Gasteiger partial charge in [0.1, 0.15) is 0 Å². The number of amides is 2. The van der Waals surface area contributed by atoms with Gasteiger partial charge in [0.2, 0.25) is 10.0 Å². The van der Waals surface area contributed by atoms with Gasteiger partial charge in [-0.25, -0.2) is 8.42 Å². The molecule has 10 heteroatoms. The highest BCUT2D eigenvalue weighted by atomic mass is 35.5. The maximum atomic E-state index is 13.0. The van der Waals surface area contributed by atoms with Crippen molar-refractivity contribution in [3.63, 3.8) is 0 Å². The first kappa shape index (κ1) is 26.8. The van der Waals surface area contributed by atoms with Crippen molar-refractivity contribution in [3.8, 4) is 0 Å². The smallest absolute Gasteiger partial charge is 0.255 e. The molecule has 4 aromatic rings. The van der Waals surface area contributed by atoms with Crippen LogP contribution >= 0.6 is 11.6 Å². The zero-order chi connectivity index (χ0) is 27.1. The topological polar surface area (TPSA) is 108 Å². The highest BCUT2D eigenvalue weighted by Gasteiger charge is 2.20. The quantitative estimate of drug-likeness (QED) is 0.310. The molecule has 0 atom stereocenters. The molecule has 0 bridgehead atoms.